The van der Waals surface area contributed by atoms with Crippen LogP contribution in [0.3, 0.4) is 0 Å². The molecule has 2 aromatic rings. The molecule has 2 rings (SSSR count). The summed E-state index contributed by atoms with van der Waals surface area (Å²) in [5, 5.41) is 11.4. The van der Waals surface area contributed by atoms with Crippen molar-refractivity contribution < 1.29 is 4.52 Å². The first kappa shape index (κ1) is 18.8. The lowest BCUT2D eigenvalue weighted by Crippen LogP contribution is -2.36. The molecule has 0 aromatic carbocycles. The maximum Gasteiger partial charge on any atom is 0.223 e. The van der Waals surface area contributed by atoms with Gasteiger partial charge in [-0.3, -0.25) is 0 Å². The van der Waals surface area contributed by atoms with Crippen molar-refractivity contribution in [2.45, 2.75) is 40.8 Å². The molecule has 0 spiro atoms. The van der Waals surface area contributed by atoms with Crippen LogP contribution in [0, 0.1) is 20.8 Å². The van der Waals surface area contributed by atoms with Crippen molar-refractivity contribution in [3.8, 4) is 0 Å². The number of nitrogens with zero attached hydrogens (tertiary/aromatic N) is 4. The Morgan fingerprint density at radius 1 is 1.23 bits per heavy atom. The fraction of sp³-hybridized carbons (Fsp3) is 0.538. The fourth-order valence-corrected chi connectivity index (χ4v) is 2.68. The van der Waals surface area contributed by atoms with Gasteiger partial charge in [-0.2, -0.15) is 4.98 Å². The number of hydrogen-bond donors (Lipinski definition) is 2. The Balaban J connectivity index is 0.00000242. The second kappa shape index (κ2) is 9.03. The number of aliphatic imine (C=N–C) groups is 1. The first-order chi connectivity index (χ1) is 10.1. The molecule has 0 fully saturated rings. The van der Waals surface area contributed by atoms with Gasteiger partial charge in [-0.05, 0) is 20.8 Å². The third-order valence-corrected chi connectivity index (χ3v) is 3.78. The van der Waals surface area contributed by atoms with Crippen molar-refractivity contribution in [2.24, 2.45) is 4.99 Å². The standard InChI is InChI=1S/C13H20N6OS.HI/c1-5-14-13(16-7-12-18-9(3)20-19-12)15-6-11-8(2)17-10(4)21-11;/h5-7H2,1-4H3,(H2,14,15,16);1H. The number of aromatic nitrogens is 3. The SMILES string of the molecule is CCNC(=NCc1noc(C)n1)NCc1sc(C)nc1C.I. The monoisotopic (exact) mass is 436 g/mol. The summed E-state index contributed by atoms with van der Waals surface area (Å²) in [6.45, 7) is 9.70. The minimum absolute atomic E-state index is 0. The first-order valence-corrected chi connectivity index (χ1v) is 7.64. The molecular weight excluding hydrogens is 415 g/mol. The van der Waals surface area contributed by atoms with Gasteiger partial charge in [0.25, 0.3) is 0 Å². The average Bonchev–Trinajstić information content (AvgIpc) is 2.99. The molecular formula is C13H21IN6OS. The highest BCUT2D eigenvalue weighted by Gasteiger charge is 2.06. The molecule has 0 saturated carbocycles. The topological polar surface area (TPSA) is 88.2 Å². The van der Waals surface area contributed by atoms with E-state index in [1.807, 2.05) is 20.8 Å². The van der Waals surface area contributed by atoms with Crippen LogP contribution in [0.4, 0.5) is 0 Å². The van der Waals surface area contributed by atoms with E-state index in [0.29, 0.717) is 24.8 Å². The maximum atomic E-state index is 4.93. The predicted molar refractivity (Wildman–Crippen MR) is 97.7 cm³/mol. The molecule has 2 heterocycles. The van der Waals surface area contributed by atoms with Crippen LogP contribution in [-0.4, -0.2) is 27.6 Å². The summed E-state index contributed by atoms with van der Waals surface area (Å²) < 4.78 is 4.93. The van der Waals surface area contributed by atoms with E-state index in [4.69, 9.17) is 4.52 Å². The predicted octanol–water partition coefficient (Wildman–Crippen LogP) is 2.32. The van der Waals surface area contributed by atoms with Gasteiger partial charge in [0.2, 0.25) is 5.89 Å². The smallest absolute Gasteiger partial charge is 0.223 e. The highest BCUT2D eigenvalue weighted by atomic mass is 127. The van der Waals surface area contributed by atoms with Crippen molar-refractivity contribution in [2.75, 3.05) is 6.54 Å². The second-order valence-corrected chi connectivity index (χ2v) is 5.81. The van der Waals surface area contributed by atoms with Gasteiger partial charge >= 0.3 is 0 Å². The summed E-state index contributed by atoms with van der Waals surface area (Å²) >= 11 is 1.70. The van der Waals surface area contributed by atoms with Gasteiger partial charge in [0.05, 0.1) is 17.2 Å². The average molecular weight is 436 g/mol. The summed E-state index contributed by atoms with van der Waals surface area (Å²) in [4.78, 5) is 14.2. The fourth-order valence-electron chi connectivity index (χ4n) is 1.80. The molecule has 2 aromatic heterocycles. The maximum absolute atomic E-state index is 4.93. The molecule has 0 bridgehead atoms. The molecule has 2 N–H and O–H groups in total. The van der Waals surface area contributed by atoms with Crippen LogP contribution in [0.1, 0.15) is 34.2 Å². The van der Waals surface area contributed by atoms with E-state index in [1.54, 1.807) is 18.3 Å². The molecule has 7 nitrogen and oxygen atoms in total. The van der Waals surface area contributed by atoms with Crippen molar-refractivity contribution in [3.63, 3.8) is 0 Å². The van der Waals surface area contributed by atoms with E-state index in [2.05, 4.69) is 30.8 Å². The third kappa shape index (κ3) is 5.52. The lowest BCUT2D eigenvalue weighted by Gasteiger charge is -2.10. The van der Waals surface area contributed by atoms with Crippen LogP contribution in [0.15, 0.2) is 9.52 Å². The number of nitrogens with one attached hydrogen (secondary N) is 2. The summed E-state index contributed by atoms with van der Waals surface area (Å²) in [5.74, 6) is 1.86. The van der Waals surface area contributed by atoms with E-state index in [1.165, 1.54) is 4.88 Å². The van der Waals surface area contributed by atoms with Gasteiger partial charge in [-0.25, -0.2) is 9.98 Å². The van der Waals surface area contributed by atoms with Crippen molar-refractivity contribution in [3.05, 3.63) is 27.3 Å². The van der Waals surface area contributed by atoms with E-state index in [0.717, 1.165) is 23.2 Å². The molecule has 0 aliphatic heterocycles. The quantitative estimate of drug-likeness (QED) is 0.425. The van der Waals surface area contributed by atoms with Gasteiger partial charge in [-0.15, -0.1) is 35.3 Å². The van der Waals surface area contributed by atoms with Crippen molar-refractivity contribution >= 4 is 41.3 Å². The minimum atomic E-state index is 0. The zero-order valence-electron chi connectivity index (χ0n) is 13.1. The molecule has 0 saturated heterocycles. The van der Waals surface area contributed by atoms with Crippen LogP contribution in [0.5, 0.6) is 0 Å². The lowest BCUT2D eigenvalue weighted by molar-refractivity contribution is 0.387. The van der Waals surface area contributed by atoms with Crippen molar-refractivity contribution in [1.82, 2.24) is 25.8 Å². The highest BCUT2D eigenvalue weighted by Crippen LogP contribution is 2.16. The van der Waals surface area contributed by atoms with Gasteiger partial charge in [0.1, 0.15) is 6.54 Å². The zero-order valence-corrected chi connectivity index (χ0v) is 16.3. The van der Waals surface area contributed by atoms with Crippen molar-refractivity contribution in [1.29, 1.82) is 0 Å². The Morgan fingerprint density at radius 3 is 2.55 bits per heavy atom. The summed E-state index contributed by atoms with van der Waals surface area (Å²) in [5.41, 5.74) is 1.06. The van der Waals surface area contributed by atoms with Crippen LogP contribution in [-0.2, 0) is 13.1 Å². The molecule has 0 atom stereocenters. The molecule has 22 heavy (non-hydrogen) atoms. The van der Waals surface area contributed by atoms with Gasteiger partial charge in [0, 0.05) is 18.3 Å². The van der Waals surface area contributed by atoms with Gasteiger partial charge in [-0.1, -0.05) is 5.16 Å². The Labute approximate surface area is 151 Å². The van der Waals surface area contributed by atoms with Crippen LogP contribution >= 0.6 is 35.3 Å². The number of guanidine groups is 1. The van der Waals surface area contributed by atoms with Crippen LogP contribution in [0.2, 0.25) is 0 Å². The molecule has 0 unspecified atom stereocenters. The highest BCUT2D eigenvalue weighted by molar-refractivity contribution is 14.0. The number of halogens is 1. The van der Waals surface area contributed by atoms with Gasteiger partial charge in [0.15, 0.2) is 11.8 Å². The van der Waals surface area contributed by atoms with Crippen LogP contribution < -0.4 is 10.6 Å². The third-order valence-electron chi connectivity index (χ3n) is 2.71. The van der Waals surface area contributed by atoms with Crippen LogP contribution in [0.25, 0.3) is 0 Å². The molecule has 0 amide bonds. The normalized spacial score (nSPS) is 11.2. The Bertz CT molecular complexity index is 624. The van der Waals surface area contributed by atoms with E-state index >= 15 is 0 Å². The van der Waals surface area contributed by atoms with Gasteiger partial charge < -0.3 is 15.2 Å². The lowest BCUT2D eigenvalue weighted by atomic mass is 10.4. The molecule has 0 aliphatic rings. The summed E-state index contributed by atoms with van der Waals surface area (Å²) in [6, 6.07) is 0. The first-order valence-electron chi connectivity index (χ1n) is 6.82. The minimum Gasteiger partial charge on any atom is -0.357 e. The second-order valence-electron chi connectivity index (χ2n) is 4.52. The zero-order chi connectivity index (χ0) is 15.2. The largest absolute Gasteiger partial charge is 0.357 e. The number of thiazole rings is 1. The molecule has 0 radical (unpaired) electrons. The Hall–Kier alpha value is -1.23. The summed E-state index contributed by atoms with van der Waals surface area (Å²) in [6.07, 6.45) is 0. The summed E-state index contributed by atoms with van der Waals surface area (Å²) in [7, 11) is 0. The molecule has 0 aliphatic carbocycles. The molecule has 9 heteroatoms. The van der Waals surface area contributed by atoms with E-state index < -0.39 is 0 Å². The number of aryl methyl sites for hydroxylation is 3. The number of rotatable bonds is 5. The van der Waals surface area contributed by atoms with E-state index in [9.17, 15) is 0 Å². The Morgan fingerprint density at radius 2 is 2.00 bits per heavy atom. The molecule has 122 valence electrons. The van der Waals surface area contributed by atoms with E-state index in [-0.39, 0.29) is 24.0 Å². The number of hydrogen-bond acceptors (Lipinski definition) is 6. The Kier molecular flexibility index (Phi) is 7.73.